The Bertz CT molecular complexity index is 616. The van der Waals surface area contributed by atoms with E-state index in [4.69, 9.17) is 5.11 Å². The monoisotopic (exact) mass is 298 g/mol. The first-order chi connectivity index (χ1) is 9.54. The highest BCUT2D eigenvalue weighted by atomic mass is 32.1. The van der Waals surface area contributed by atoms with Crippen molar-refractivity contribution >= 4 is 22.4 Å². The minimum atomic E-state index is -0.874. The lowest BCUT2D eigenvalue weighted by molar-refractivity contribution is -0.136. The van der Waals surface area contributed by atoms with E-state index < -0.39 is 17.6 Å². The number of nitrogens with one attached hydrogen (secondary N) is 1. The number of aliphatic carboxylic acids is 1. The van der Waals surface area contributed by atoms with Crippen molar-refractivity contribution in [1.82, 2.24) is 4.98 Å². The number of nitrogens with zero attached hydrogens (tertiary/aromatic N) is 1. The molecule has 106 valence electrons. The van der Waals surface area contributed by atoms with Gasteiger partial charge in [0.15, 0.2) is 5.13 Å². The van der Waals surface area contributed by atoms with E-state index in [1.165, 1.54) is 23.5 Å². The summed E-state index contributed by atoms with van der Waals surface area (Å²) in [6.45, 7) is 0.192. The van der Waals surface area contributed by atoms with Gasteiger partial charge >= 0.3 is 5.97 Å². The SMILES string of the molecule is O=C(O)CCc1csc(NCc2ccc(F)cc2F)n1. The summed E-state index contributed by atoms with van der Waals surface area (Å²) in [5, 5.41) is 13.8. The molecular formula is C13H12F2N2O2S. The van der Waals surface area contributed by atoms with Crippen LogP contribution in [0.15, 0.2) is 23.6 Å². The van der Waals surface area contributed by atoms with Gasteiger partial charge in [0.25, 0.3) is 0 Å². The van der Waals surface area contributed by atoms with Gasteiger partial charge in [0, 0.05) is 30.0 Å². The highest BCUT2D eigenvalue weighted by Crippen LogP contribution is 2.18. The van der Waals surface area contributed by atoms with E-state index in [2.05, 4.69) is 10.3 Å². The maximum Gasteiger partial charge on any atom is 0.303 e. The minimum Gasteiger partial charge on any atom is -0.481 e. The van der Waals surface area contributed by atoms with Crippen LogP contribution < -0.4 is 5.32 Å². The molecule has 0 aliphatic carbocycles. The van der Waals surface area contributed by atoms with E-state index in [1.54, 1.807) is 5.38 Å². The molecule has 0 spiro atoms. The first kappa shape index (κ1) is 14.4. The maximum absolute atomic E-state index is 13.4. The van der Waals surface area contributed by atoms with Crippen LogP contribution in [0, 0.1) is 11.6 Å². The van der Waals surface area contributed by atoms with Crippen molar-refractivity contribution in [3.63, 3.8) is 0 Å². The van der Waals surface area contributed by atoms with Crippen LogP contribution in [0.5, 0.6) is 0 Å². The average molecular weight is 298 g/mol. The van der Waals surface area contributed by atoms with Crippen LogP contribution >= 0.6 is 11.3 Å². The lowest BCUT2D eigenvalue weighted by Crippen LogP contribution is -2.02. The molecule has 1 aromatic carbocycles. The van der Waals surface area contributed by atoms with Gasteiger partial charge in [0.2, 0.25) is 0 Å². The number of carboxylic acids is 1. The van der Waals surface area contributed by atoms with Crippen molar-refractivity contribution in [2.45, 2.75) is 19.4 Å². The largest absolute Gasteiger partial charge is 0.481 e. The second-order valence-corrected chi connectivity index (χ2v) is 4.99. The number of hydrogen-bond donors (Lipinski definition) is 2. The molecule has 0 fully saturated rings. The minimum absolute atomic E-state index is 0.0236. The van der Waals surface area contributed by atoms with Crippen LogP contribution in [0.2, 0.25) is 0 Å². The van der Waals surface area contributed by atoms with Gasteiger partial charge in [-0.3, -0.25) is 4.79 Å². The van der Waals surface area contributed by atoms with Crippen LogP contribution in [0.1, 0.15) is 17.7 Å². The fourth-order valence-electron chi connectivity index (χ4n) is 1.57. The number of hydrogen-bond acceptors (Lipinski definition) is 4. The molecule has 7 heteroatoms. The number of carbonyl (C=O) groups is 1. The number of rotatable bonds is 6. The second-order valence-electron chi connectivity index (χ2n) is 4.13. The summed E-state index contributed by atoms with van der Waals surface area (Å²) in [6.07, 6.45) is 0.383. The number of carboxylic acid groups (broad SMARTS) is 1. The van der Waals surface area contributed by atoms with Crippen molar-refractivity contribution in [2.75, 3.05) is 5.32 Å². The highest BCUT2D eigenvalue weighted by Gasteiger charge is 2.07. The summed E-state index contributed by atoms with van der Waals surface area (Å²) in [4.78, 5) is 14.6. The number of thiazole rings is 1. The van der Waals surface area contributed by atoms with Crippen molar-refractivity contribution in [3.05, 3.63) is 46.5 Å². The number of halogens is 2. The fraction of sp³-hybridized carbons (Fsp3) is 0.231. The van der Waals surface area contributed by atoms with E-state index in [0.717, 1.165) is 6.07 Å². The Balaban J connectivity index is 1.92. The van der Waals surface area contributed by atoms with Gasteiger partial charge < -0.3 is 10.4 Å². The Kier molecular flexibility index (Phi) is 4.62. The fourth-order valence-corrected chi connectivity index (χ4v) is 2.32. The molecule has 0 saturated heterocycles. The summed E-state index contributed by atoms with van der Waals surface area (Å²) in [6, 6.07) is 3.40. The molecule has 0 saturated carbocycles. The Labute approximate surface area is 118 Å². The first-order valence-electron chi connectivity index (χ1n) is 5.88. The number of anilines is 1. The first-order valence-corrected chi connectivity index (χ1v) is 6.76. The Morgan fingerprint density at radius 3 is 2.90 bits per heavy atom. The summed E-state index contributed by atoms with van der Waals surface area (Å²) in [5.74, 6) is -2.10. The number of aromatic nitrogens is 1. The third kappa shape index (κ3) is 3.99. The van der Waals surface area contributed by atoms with Crippen molar-refractivity contribution in [2.24, 2.45) is 0 Å². The van der Waals surface area contributed by atoms with Gasteiger partial charge in [-0.15, -0.1) is 11.3 Å². The molecule has 2 aromatic rings. The van der Waals surface area contributed by atoms with Gasteiger partial charge in [-0.05, 0) is 6.07 Å². The Hall–Kier alpha value is -2.02. The molecule has 0 atom stereocenters. The van der Waals surface area contributed by atoms with Gasteiger partial charge in [-0.2, -0.15) is 0 Å². The molecule has 2 N–H and O–H groups in total. The quantitative estimate of drug-likeness (QED) is 0.860. The van der Waals surface area contributed by atoms with E-state index in [-0.39, 0.29) is 13.0 Å². The van der Waals surface area contributed by atoms with E-state index in [9.17, 15) is 13.6 Å². The lowest BCUT2D eigenvalue weighted by atomic mass is 10.2. The molecule has 0 unspecified atom stereocenters. The molecular weight excluding hydrogens is 286 g/mol. The molecule has 1 aromatic heterocycles. The third-order valence-electron chi connectivity index (χ3n) is 2.59. The standard InChI is InChI=1S/C13H12F2N2O2S/c14-9-2-1-8(11(15)5-9)6-16-13-17-10(7-20-13)3-4-12(18)19/h1-2,5,7H,3-4,6H2,(H,16,17)(H,18,19). The maximum atomic E-state index is 13.4. The van der Waals surface area contributed by atoms with Gasteiger partial charge in [0.05, 0.1) is 12.1 Å². The highest BCUT2D eigenvalue weighted by molar-refractivity contribution is 7.13. The Morgan fingerprint density at radius 2 is 2.20 bits per heavy atom. The molecule has 0 amide bonds. The summed E-state index contributed by atoms with van der Waals surface area (Å²) in [7, 11) is 0. The zero-order valence-electron chi connectivity index (χ0n) is 10.4. The third-order valence-corrected chi connectivity index (χ3v) is 3.44. The van der Waals surface area contributed by atoms with Crippen LogP contribution in [0.25, 0.3) is 0 Å². The van der Waals surface area contributed by atoms with E-state index in [1.807, 2.05) is 0 Å². The van der Waals surface area contributed by atoms with Crippen molar-refractivity contribution in [3.8, 4) is 0 Å². The molecule has 20 heavy (non-hydrogen) atoms. The zero-order valence-corrected chi connectivity index (χ0v) is 11.2. The van der Waals surface area contributed by atoms with E-state index in [0.29, 0.717) is 22.8 Å². The molecule has 0 aliphatic rings. The van der Waals surface area contributed by atoms with Crippen LogP contribution in [0.4, 0.5) is 13.9 Å². The Morgan fingerprint density at radius 1 is 1.40 bits per heavy atom. The topological polar surface area (TPSA) is 62.2 Å². The van der Waals surface area contributed by atoms with Crippen LogP contribution in [-0.2, 0) is 17.8 Å². The van der Waals surface area contributed by atoms with Crippen LogP contribution in [-0.4, -0.2) is 16.1 Å². The van der Waals surface area contributed by atoms with E-state index >= 15 is 0 Å². The second kappa shape index (κ2) is 6.42. The smallest absolute Gasteiger partial charge is 0.303 e. The molecule has 1 heterocycles. The van der Waals surface area contributed by atoms with Crippen molar-refractivity contribution < 1.29 is 18.7 Å². The number of aryl methyl sites for hydroxylation is 1. The predicted octanol–water partition coefficient (Wildman–Crippen LogP) is 3.05. The molecule has 0 radical (unpaired) electrons. The summed E-state index contributed by atoms with van der Waals surface area (Å²) in [5.41, 5.74) is 1.02. The van der Waals surface area contributed by atoms with Gasteiger partial charge in [0.1, 0.15) is 11.6 Å². The number of benzene rings is 1. The lowest BCUT2D eigenvalue weighted by Gasteiger charge is -2.04. The average Bonchev–Trinajstić information content (AvgIpc) is 2.83. The van der Waals surface area contributed by atoms with Gasteiger partial charge in [-0.1, -0.05) is 6.07 Å². The molecule has 2 rings (SSSR count). The molecule has 0 bridgehead atoms. The molecule has 4 nitrogen and oxygen atoms in total. The van der Waals surface area contributed by atoms with Crippen molar-refractivity contribution in [1.29, 1.82) is 0 Å². The normalized spacial score (nSPS) is 10.5. The zero-order chi connectivity index (χ0) is 14.5. The molecule has 0 aliphatic heterocycles. The van der Waals surface area contributed by atoms with Gasteiger partial charge in [-0.25, -0.2) is 13.8 Å². The summed E-state index contributed by atoms with van der Waals surface area (Å²) >= 11 is 1.32. The summed E-state index contributed by atoms with van der Waals surface area (Å²) < 4.78 is 26.2. The predicted molar refractivity (Wildman–Crippen MR) is 71.8 cm³/mol. The van der Waals surface area contributed by atoms with Crippen LogP contribution in [0.3, 0.4) is 0 Å².